The lowest BCUT2D eigenvalue weighted by atomic mass is 9.95. The SMILES string of the molecule is CC1CCN(Cc2ccc(F)c(/C=C/C(=O)O)c2)CC1O. The molecule has 2 unspecified atom stereocenters. The molecule has 0 amide bonds. The molecule has 2 N–H and O–H groups in total. The smallest absolute Gasteiger partial charge is 0.328 e. The van der Waals surface area contributed by atoms with Gasteiger partial charge in [0.25, 0.3) is 0 Å². The van der Waals surface area contributed by atoms with Crippen molar-refractivity contribution >= 4 is 12.0 Å². The zero-order valence-corrected chi connectivity index (χ0v) is 12.0. The molecule has 0 aromatic heterocycles. The highest BCUT2D eigenvalue weighted by Gasteiger charge is 2.24. The van der Waals surface area contributed by atoms with Crippen LogP contribution < -0.4 is 0 Å². The molecule has 21 heavy (non-hydrogen) atoms. The van der Waals surface area contributed by atoms with Crippen LogP contribution in [0.1, 0.15) is 24.5 Å². The molecule has 5 heteroatoms. The minimum absolute atomic E-state index is 0.265. The molecule has 114 valence electrons. The number of carboxylic acid groups (broad SMARTS) is 1. The van der Waals surface area contributed by atoms with Crippen LogP contribution in [0.2, 0.25) is 0 Å². The number of hydrogen-bond donors (Lipinski definition) is 2. The summed E-state index contributed by atoms with van der Waals surface area (Å²) in [6.45, 7) is 4.17. The van der Waals surface area contributed by atoms with E-state index in [0.29, 0.717) is 19.0 Å². The Morgan fingerprint density at radius 2 is 2.29 bits per heavy atom. The highest BCUT2D eigenvalue weighted by atomic mass is 19.1. The van der Waals surface area contributed by atoms with E-state index in [1.54, 1.807) is 12.1 Å². The van der Waals surface area contributed by atoms with E-state index in [-0.39, 0.29) is 11.7 Å². The van der Waals surface area contributed by atoms with Crippen molar-refractivity contribution in [3.63, 3.8) is 0 Å². The number of carbonyl (C=O) groups is 1. The summed E-state index contributed by atoms with van der Waals surface area (Å²) in [7, 11) is 0. The van der Waals surface area contributed by atoms with Gasteiger partial charge in [0.15, 0.2) is 0 Å². The quantitative estimate of drug-likeness (QED) is 0.835. The van der Waals surface area contributed by atoms with Crippen LogP contribution in [0.5, 0.6) is 0 Å². The van der Waals surface area contributed by atoms with E-state index in [4.69, 9.17) is 5.11 Å². The summed E-state index contributed by atoms with van der Waals surface area (Å²) in [6, 6.07) is 4.69. The van der Waals surface area contributed by atoms with Crippen LogP contribution >= 0.6 is 0 Å². The number of piperidine rings is 1. The van der Waals surface area contributed by atoms with Crippen LogP contribution in [0.3, 0.4) is 0 Å². The molecule has 1 saturated heterocycles. The summed E-state index contributed by atoms with van der Waals surface area (Å²) in [5, 5.41) is 18.5. The largest absolute Gasteiger partial charge is 0.478 e. The Kier molecular flexibility index (Phi) is 5.09. The lowest BCUT2D eigenvalue weighted by Crippen LogP contribution is -2.42. The topological polar surface area (TPSA) is 60.8 Å². The number of nitrogens with zero attached hydrogens (tertiary/aromatic N) is 1. The highest BCUT2D eigenvalue weighted by molar-refractivity contribution is 5.85. The number of rotatable bonds is 4. The van der Waals surface area contributed by atoms with Gasteiger partial charge in [0, 0.05) is 24.7 Å². The predicted octanol–water partition coefficient (Wildman–Crippen LogP) is 2.13. The number of halogens is 1. The third-order valence-corrected chi connectivity index (χ3v) is 3.87. The standard InChI is InChI=1S/C16H20FNO3/c1-11-6-7-18(10-15(11)19)9-12-2-4-14(17)13(8-12)3-5-16(20)21/h2-5,8,11,15,19H,6-7,9-10H2,1H3,(H,20,21)/b5-3+. The number of hydrogen-bond acceptors (Lipinski definition) is 3. The predicted molar refractivity (Wildman–Crippen MR) is 78.1 cm³/mol. The van der Waals surface area contributed by atoms with Crippen LogP contribution in [0.4, 0.5) is 4.39 Å². The van der Waals surface area contributed by atoms with Crippen molar-refractivity contribution in [2.24, 2.45) is 5.92 Å². The van der Waals surface area contributed by atoms with E-state index in [1.165, 1.54) is 12.1 Å². The van der Waals surface area contributed by atoms with Crippen molar-refractivity contribution < 1.29 is 19.4 Å². The summed E-state index contributed by atoms with van der Waals surface area (Å²) in [5.74, 6) is -1.24. The second-order valence-electron chi connectivity index (χ2n) is 5.60. The Balaban J connectivity index is 2.07. The molecule has 1 heterocycles. The Bertz CT molecular complexity index is 544. The number of benzene rings is 1. The minimum atomic E-state index is -1.10. The molecule has 2 atom stereocenters. The third kappa shape index (κ3) is 4.37. The number of aliphatic hydroxyl groups is 1. The van der Waals surface area contributed by atoms with Gasteiger partial charge in [0.05, 0.1) is 6.10 Å². The van der Waals surface area contributed by atoms with Crippen LogP contribution in [0, 0.1) is 11.7 Å². The van der Waals surface area contributed by atoms with E-state index in [2.05, 4.69) is 4.90 Å². The van der Waals surface area contributed by atoms with Gasteiger partial charge in [-0.1, -0.05) is 13.0 Å². The van der Waals surface area contributed by atoms with Crippen molar-refractivity contribution in [2.45, 2.75) is 26.0 Å². The molecule has 4 nitrogen and oxygen atoms in total. The highest BCUT2D eigenvalue weighted by Crippen LogP contribution is 2.20. The number of β-amino-alcohol motifs (C(OH)–C–C–N with tert-alkyl or cyclic N) is 1. The van der Waals surface area contributed by atoms with Crippen molar-refractivity contribution in [3.05, 3.63) is 41.2 Å². The Morgan fingerprint density at radius 3 is 2.95 bits per heavy atom. The van der Waals surface area contributed by atoms with Crippen LogP contribution in [0.25, 0.3) is 6.08 Å². The maximum Gasteiger partial charge on any atom is 0.328 e. The van der Waals surface area contributed by atoms with Crippen LogP contribution in [-0.4, -0.2) is 40.3 Å². The second kappa shape index (κ2) is 6.83. The zero-order chi connectivity index (χ0) is 15.4. The Hall–Kier alpha value is -1.72. The minimum Gasteiger partial charge on any atom is -0.478 e. The summed E-state index contributed by atoms with van der Waals surface area (Å²) >= 11 is 0. The van der Waals surface area contributed by atoms with E-state index in [0.717, 1.165) is 24.6 Å². The van der Waals surface area contributed by atoms with E-state index in [1.807, 2.05) is 6.92 Å². The number of aliphatic hydroxyl groups excluding tert-OH is 1. The monoisotopic (exact) mass is 293 g/mol. The Labute approximate surface area is 123 Å². The maximum absolute atomic E-state index is 13.6. The molecule has 1 aromatic carbocycles. The number of aliphatic carboxylic acids is 1. The molecular weight excluding hydrogens is 273 g/mol. The molecule has 0 aliphatic carbocycles. The van der Waals surface area contributed by atoms with Gasteiger partial charge in [-0.15, -0.1) is 0 Å². The molecule has 1 fully saturated rings. The average Bonchev–Trinajstić information content (AvgIpc) is 2.43. The van der Waals surface area contributed by atoms with Gasteiger partial charge in [-0.2, -0.15) is 0 Å². The van der Waals surface area contributed by atoms with Gasteiger partial charge in [0.1, 0.15) is 5.82 Å². The van der Waals surface area contributed by atoms with Crippen LogP contribution in [-0.2, 0) is 11.3 Å². The summed E-state index contributed by atoms with van der Waals surface area (Å²) < 4.78 is 13.6. The molecule has 0 saturated carbocycles. The first-order valence-electron chi connectivity index (χ1n) is 7.05. The first kappa shape index (κ1) is 15.7. The lowest BCUT2D eigenvalue weighted by molar-refractivity contribution is -0.131. The normalized spacial score (nSPS) is 23.6. The van der Waals surface area contributed by atoms with Gasteiger partial charge < -0.3 is 10.2 Å². The molecule has 1 aliphatic heterocycles. The summed E-state index contributed by atoms with van der Waals surface area (Å²) in [6.07, 6.45) is 2.79. The first-order chi connectivity index (χ1) is 9.95. The molecule has 1 aromatic rings. The second-order valence-corrected chi connectivity index (χ2v) is 5.60. The van der Waals surface area contributed by atoms with Crippen molar-refractivity contribution in [3.8, 4) is 0 Å². The van der Waals surface area contributed by atoms with Gasteiger partial charge in [0.2, 0.25) is 0 Å². The summed E-state index contributed by atoms with van der Waals surface area (Å²) in [5.41, 5.74) is 1.17. The van der Waals surface area contributed by atoms with Crippen molar-refractivity contribution in [2.75, 3.05) is 13.1 Å². The van der Waals surface area contributed by atoms with E-state index >= 15 is 0 Å². The maximum atomic E-state index is 13.6. The number of carboxylic acids is 1. The summed E-state index contributed by atoms with van der Waals surface area (Å²) in [4.78, 5) is 12.6. The van der Waals surface area contributed by atoms with Gasteiger partial charge in [-0.3, -0.25) is 4.90 Å². The fourth-order valence-corrected chi connectivity index (χ4v) is 2.50. The molecule has 0 radical (unpaired) electrons. The average molecular weight is 293 g/mol. The third-order valence-electron chi connectivity index (χ3n) is 3.87. The van der Waals surface area contributed by atoms with Crippen molar-refractivity contribution in [1.82, 2.24) is 4.90 Å². The lowest BCUT2D eigenvalue weighted by Gasteiger charge is -2.34. The fraction of sp³-hybridized carbons (Fsp3) is 0.438. The van der Waals surface area contributed by atoms with E-state index in [9.17, 15) is 14.3 Å². The molecule has 0 spiro atoms. The van der Waals surface area contributed by atoms with Gasteiger partial charge >= 0.3 is 5.97 Å². The fourth-order valence-electron chi connectivity index (χ4n) is 2.50. The van der Waals surface area contributed by atoms with E-state index < -0.39 is 11.8 Å². The molecule has 0 bridgehead atoms. The number of likely N-dealkylation sites (tertiary alicyclic amines) is 1. The van der Waals surface area contributed by atoms with Crippen molar-refractivity contribution in [1.29, 1.82) is 0 Å². The molecule has 1 aliphatic rings. The zero-order valence-electron chi connectivity index (χ0n) is 12.0. The molecular formula is C16H20FNO3. The van der Waals surface area contributed by atoms with Gasteiger partial charge in [-0.25, -0.2) is 9.18 Å². The van der Waals surface area contributed by atoms with Crippen LogP contribution in [0.15, 0.2) is 24.3 Å². The van der Waals surface area contributed by atoms with Gasteiger partial charge in [-0.05, 0) is 42.7 Å². The molecule has 2 rings (SSSR count). The first-order valence-corrected chi connectivity index (χ1v) is 7.05. The Morgan fingerprint density at radius 1 is 1.52 bits per heavy atom.